The fraction of sp³-hybridized carbons (Fsp3) is 0.357. The van der Waals surface area contributed by atoms with Crippen LogP contribution in [0.15, 0.2) is 30.7 Å². The molecule has 6 heteroatoms. The quantitative estimate of drug-likeness (QED) is 0.897. The molecule has 0 saturated heterocycles. The summed E-state index contributed by atoms with van der Waals surface area (Å²) >= 11 is 0. The van der Waals surface area contributed by atoms with Crippen molar-refractivity contribution in [3.05, 3.63) is 42.1 Å². The zero-order chi connectivity index (χ0) is 14.5. The second-order valence-electron chi connectivity index (χ2n) is 4.55. The minimum Gasteiger partial charge on any atom is -0.370 e. The highest BCUT2D eigenvalue weighted by Gasteiger charge is 2.17. The van der Waals surface area contributed by atoms with Crippen LogP contribution < -0.4 is 5.32 Å². The van der Waals surface area contributed by atoms with Gasteiger partial charge in [0.1, 0.15) is 11.6 Å². The molecule has 2 aromatic rings. The zero-order valence-electron chi connectivity index (χ0n) is 12.0. The summed E-state index contributed by atoms with van der Waals surface area (Å²) in [5.74, 6) is 1.39. The lowest BCUT2D eigenvalue weighted by atomic mass is 10.2. The van der Waals surface area contributed by atoms with Gasteiger partial charge in [0, 0.05) is 39.2 Å². The molecule has 0 unspecified atom stereocenters. The Balaban J connectivity index is 2.16. The van der Waals surface area contributed by atoms with Crippen molar-refractivity contribution in [1.82, 2.24) is 19.4 Å². The predicted octanol–water partition coefficient (Wildman–Crippen LogP) is 1.52. The van der Waals surface area contributed by atoms with Gasteiger partial charge in [-0.3, -0.25) is 4.79 Å². The highest BCUT2D eigenvalue weighted by atomic mass is 16.2. The predicted molar refractivity (Wildman–Crippen MR) is 77.4 cm³/mol. The minimum absolute atomic E-state index is 0.0722. The van der Waals surface area contributed by atoms with Crippen LogP contribution in [0.4, 0.5) is 5.82 Å². The van der Waals surface area contributed by atoms with E-state index in [1.54, 1.807) is 36.5 Å². The molecule has 6 nitrogen and oxygen atoms in total. The molecule has 0 aliphatic heterocycles. The van der Waals surface area contributed by atoms with Gasteiger partial charge in [0.25, 0.3) is 5.91 Å². The van der Waals surface area contributed by atoms with Crippen LogP contribution >= 0.6 is 0 Å². The molecule has 0 aliphatic carbocycles. The van der Waals surface area contributed by atoms with E-state index in [2.05, 4.69) is 15.3 Å². The third-order valence-electron chi connectivity index (χ3n) is 3.03. The number of amides is 1. The van der Waals surface area contributed by atoms with E-state index in [1.807, 2.05) is 24.7 Å². The van der Waals surface area contributed by atoms with Gasteiger partial charge in [-0.15, -0.1) is 0 Å². The summed E-state index contributed by atoms with van der Waals surface area (Å²) in [6.07, 6.45) is 5.26. The maximum atomic E-state index is 12.5. The average Bonchev–Trinajstić information content (AvgIpc) is 2.84. The number of aryl methyl sites for hydroxylation is 1. The molecule has 0 radical (unpaired) electrons. The molecule has 0 spiro atoms. The minimum atomic E-state index is -0.0722. The largest absolute Gasteiger partial charge is 0.370 e. The van der Waals surface area contributed by atoms with Crippen molar-refractivity contribution in [2.75, 3.05) is 18.9 Å². The number of imidazole rings is 1. The Labute approximate surface area is 118 Å². The van der Waals surface area contributed by atoms with Gasteiger partial charge in [0.05, 0.1) is 12.1 Å². The lowest BCUT2D eigenvalue weighted by Crippen LogP contribution is -2.28. The summed E-state index contributed by atoms with van der Waals surface area (Å²) < 4.78 is 1.90. The number of anilines is 1. The maximum Gasteiger partial charge on any atom is 0.257 e. The molecule has 1 N–H and O–H groups in total. The summed E-state index contributed by atoms with van der Waals surface area (Å²) in [7, 11) is 3.68. The summed E-state index contributed by atoms with van der Waals surface area (Å²) in [4.78, 5) is 22.6. The number of aromatic nitrogens is 3. The first-order chi connectivity index (χ1) is 9.63. The van der Waals surface area contributed by atoms with Gasteiger partial charge in [-0.1, -0.05) is 0 Å². The summed E-state index contributed by atoms with van der Waals surface area (Å²) in [6.45, 7) is 3.16. The van der Waals surface area contributed by atoms with Gasteiger partial charge >= 0.3 is 0 Å². The van der Waals surface area contributed by atoms with E-state index in [0.29, 0.717) is 17.9 Å². The van der Waals surface area contributed by atoms with Crippen molar-refractivity contribution in [1.29, 1.82) is 0 Å². The van der Waals surface area contributed by atoms with E-state index in [0.717, 1.165) is 12.4 Å². The van der Waals surface area contributed by atoms with E-state index in [1.165, 1.54) is 0 Å². The van der Waals surface area contributed by atoms with E-state index in [9.17, 15) is 4.79 Å². The smallest absolute Gasteiger partial charge is 0.257 e. The Kier molecular flexibility index (Phi) is 4.34. The SMILES string of the molecule is CCNc1ncccc1C(=O)N(C)Cc1nccn1C. The Morgan fingerprint density at radius 3 is 2.85 bits per heavy atom. The average molecular weight is 273 g/mol. The van der Waals surface area contributed by atoms with E-state index >= 15 is 0 Å². The van der Waals surface area contributed by atoms with Crippen molar-refractivity contribution in [3.8, 4) is 0 Å². The molecular weight excluding hydrogens is 254 g/mol. The molecule has 0 atom stereocenters. The highest BCUT2D eigenvalue weighted by molar-refractivity contribution is 5.98. The number of nitrogens with zero attached hydrogens (tertiary/aromatic N) is 4. The van der Waals surface area contributed by atoms with Crippen molar-refractivity contribution in [2.24, 2.45) is 7.05 Å². The summed E-state index contributed by atoms with van der Waals surface area (Å²) in [5, 5.41) is 3.10. The van der Waals surface area contributed by atoms with Gasteiger partial charge in [0.15, 0.2) is 0 Å². The number of rotatable bonds is 5. The first-order valence-corrected chi connectivity index (χ1v) is 6.54. The van der Waals surface area contributed by atoms with Crippen LogP contribution in [0.3, 0.4) is 0 Å². The Morgan fingerprint density at radius 1 is 1.40 bits per heavy atom. The molecule has 0 aromatic carbocycles. The molecule has 2 rings (SSSR count). The molecule has 106 valence electrons. The van der Waals surface area contributed by atoms with Gasteiger partial charge < -0.3 is 14.8 Å². The lowest BCUT2D eigenvalue weighted by molar-refractivity contribution is 0.0781. The first kappa shape index (κ1) is 14.0. The van der Waals surface area contributed by atoms with Crippen molar-refractivity contribution in [2.45, 2.75) is 13.5 Å². The summed E-state index contributed by atoms with van der Waals surface area (Å²) in [5.41, 5.74) is 0.575. The molecule has 2 heterocycles. The zero-order valence-corrected chi connectivity index (χ0v) is 12.0. The standard InChI is InChI=1S/C14H19N5O/c1-4-15-13-11(6-5-7-17-13)14(20)19(3)10-12-16-8-9-18(12)2/h5-9H,4,10H2,1-3H3,(H,15,17). The van der Waals surface area contributed by atoms with E-state index in [-0.39, 0.29) is 5.91 Å². The lowest BCUT2D eigenvalue weighted by Gasteiger charge is -2.18. The third-order valence-corrected chi connectivity index (χ3v) is 3.03. The Morgan fingerprint density at radius 2 is 2.20 bits per heavy atom. The van der Waals surface area contributed by atoms with Crippen molar-refractivity contribution in [3.63, 3.8) is 0 Å². The maximum absolute atomic E-state index is 12.5. The van der Waals surface area contributed by atoms with Gasteiger partial charge in [-0.2, -0.15) is 0 Å². The van der Waals surface area contributed by atoms with Crippen LogP contribution in [0, 0.1) is 0 Å². The van der Waals surface area contributed by atoms with E-state index < -0.39 is 0 Å². The molecule has 1 amide bonds. The second kappa shape index (κ2) is 6.18. The fourth-order valence-corrected chi connectivity index (χ4v) is 1.92. The number of carbonyl (C=O) groups is 1. The number of pyridine rings is 1. The molecule has 0 aliphatic rings. The highest BCUT2D eigenvalue weighted by Crippen LogP contribution is 2.14. The molecule has 0 bridgehead atoms. The van der Waals surface area contributed by atoms with Crippen LogP contribution in [0.2, 0.25) is 0 Å². The molecule has 2 aromatic heterocycles. The van der Waals surface area contributed by atoms with Crippen LogP contribution in [-0.2, 0) is 13.6 Å². The van der Waals surface area contributed by atoms with Crippen LogP contribution in [0.25, 0.3) is 0 Å². The fourth-order valence-electron chi connectivity index (χ4n) is 1.92. The number of nitrogens with one attached hydrogen (secondary N) is 1. The van der Waals surface area contributed by atoms with Gasteiger partial charge in [-0.25, -0.2) is 9.97 Å². The van der Waals surface area contributed by atoms with Crippen LogP contribution in [0.5, 0.6) is 0 Å². The van der Waals surface area contributed by atoms with Crippen molar-refractivity contribution >= 4 is 11.7 Å². The summed E-state index contributed by atoms with van der Waals surface area (Å²) in [6, 6.07) is 3.55. The van der Waals surface area contributed by atoms with Crippen LogP contribution in [-0.4, -0.2) is 38.9 Å². The molecule has 0 saturated carbocycles. The topological polar surface area (TPSA) is 63.1 Å². The molecule has 20 heavy (non-hydrogen) atoms. The second-order valence-corrected chi connectivity index (χ2v) is 4.55. The Bertz CT molecular complexity index is 593. The Hall–Kier alpha value is -2.37. The number of carbonyl (C=O) groups excluding carboxylic acids is 1. The normalized spacial score (nSPS) is 10.3. The monoisotopic (exact) mass is 273 g/mol. The molecular formula is C14H19N5O. The molecule has 0 fully saturated rings. The number of hydrogen-bond acceptors (Lipinski definition) is 4. The van der Waals surface area contributed by atoms with Crippen LogP contribution in [0.1, 0.15) is 23.1 Å². The van der Waals surface area contributed by atoms with Crippen molar-refractivity contribution < 1.29 is 4.79 Å². The van der Waals surface area contributed by atoms with Gasteiger partial charge in [0.2, 0.25) is 0 Å². The van der Waals surface area contributed by atoms with E-state index in [4.69, 9.17) is 0 Å². The number of hydrogen-bond donors (Lipinski definition) is 1. The van der Waals surface area contributed by atoms with Gasteiger partial charge in [-0.05, 0) is 19.1 Å². The third kappa shape index (κ3) is 2.96. The first-order valence-electron chi connectivity index (χ1n) is 6.54.